The summed E-state index contributed by atoms with van der Waals surface area (Å²) in [6, 6.07) is 10.6. The van der Waals surface area contributed by atoms with E-state index in [0.717, 1.165) is 28.5 Å². The monoisotopic (exact) mass is 556 g/mol. The van der Waals surface area contributed by atoms with Crippen LogP contribution in [0.15, 0.2) is 53.4 Å². The Kier molecular flexibility index (Phi) is 6.90. The van der Waals surface area contributed by atoms with E-state index in [4.69, 9.17) is 16.3 Å². The van der Waals surface area contributed by atoms with E-state index in [1.807, 2.05) is 0 Å². The van der Waals surface area contributed by atoms with Crippen LogP contribution in [0.3, 0.4) is 0 Å². The Morgan fingerprint density at radius 2 is 1.89 bits per heavy atom. The van der Waals surface area contributed by atoms with E-state index in [-0.39, 0.29) is 33.1 Å². The number of ether oxygens (including phenoxy) is 1. The number of sulfone groups is 1. The van der Waals surface area contributed by atoms with Crippen molar-refractivity contribution in [3.8, 4) is 27.8 Å². The molecule has 0 fully saturated rings. The molecule has 0 saturated carbocycles. The van der Waals surface area contributed by atoms with Gasteiger partial charge in [-0.15, -0.1) is 0 Å². The van der Waals surface area contributed by atoms with Crippen molar-refractivity contribution in [3.63, 3.8) is 0 Å². The highest BCUT2D eigenvalue weighted by Crippen LogP contribution is 2.39. The zero-order chi connectivity index (χ0) is 26.3. The minimum absolute atomic E-state index is 0.00767. The van der Waals surface area contributed by atoms with Gasteiger partial charge in [-0.05, 0) is 42.7 Å². The van der Waals surface area contributed by atoms with Crippen molar-refractivity contribution in [2.75, 3.05) is 12.9 Å². The van der Waals surface area contributed by atoms with E-state index in [9.17, 15) is 26.4 Å². The van der Waals surface area contributed by atoms with Crippen LogP contribution in [-0.4, -0.2) is 46.4 Å². The Bertz CT molecular complexity index is 1570. The molecule has 0 unspecified atom stereocenters. The summed E-state index contributed by atoms with van der Waals surface area (Å²) in [6.07, 6.45) is -3.67. The van der Waals surface area contributed by atoms with Gasteiger partial charge in [0.2, 0.25) is 0 Å². The molecule has 2 aromatic heterocycles. The lowest BCUT2D eigenvalue weighted by Crippen LogP contribution is -2.13. The minimum atomic E-state index is -4.73. The number of alkyl halides is 3. The van der Waals surface area contributed by atoms with Gasteiger partial charge < -0.3 is 4.74 Å². The highest BCUT2D eigenvalue weighted by molar-refractivity contribution is 7.90. The topological polar surface area (TPSA) is 104 Å². The maximum absolute atomic E-state index is 13.8. The van der Waals surface area contributed by atoms with Crippen LogP contribution in [0.4, 0.5) is 13.2 Å². The summed E-state index contributed by atoms with van der Waals surface area (Å²) in [4.78, 5) is 16.9. The van der Waals surface area contributed by atoms with E-state index >= 15 is 0 Å². The molecule has 0 aliphatic rings. The number of hydrogen-bond acceptors (Lipinski definition) is 8. The number of carbonyl (C=O) groups is 1. The Hall–Kier alpha value is -3.29. The highest BCUT2D eigenvalue weighted by atomic mass is 35.5. The van der Waals surface area contributed by atoms with Crippen LogP contribution in [0.1, 0.15) is 23.0 Å². The molecule has 8 nitrogen and oxygen atoms in total. The van der Waals surface area contributed by atoms with E-state index in [1.165, 1.54) is 36.4 Å². The summed E-state index contributed by atoms with van der Waals surface area (Å²) < 4.78 is 75.2. The summed E-state index contributed by atoms with van der Waals surface area (Å²) in [7, 11) is -3.50. The first-order valence-electron chi connectivity index (χ1n) is 10.2. The van der Waals surface area contributed by atoms with Crippen LogP contribution in [0.5, 0.6) is 0 Å². The molecule has 4 rings (SSSR count). The van der Waals surface area contributed by atoms with Crippen LogP contribution in [0, 0.1) is 0 Å². The predicted octanol–water partition coefficient (Wildman–Crippen LogP) is 5.31. The van der Waals surface area contributed by atoms with Crippen LogP contribution in [0.25, 0.3) is 27.8 Å². The van der Waals surface area contributed by atoms with Crippen molar-refractivity contribution in [1.29, 1.82) is 0 Å². The van der Waals surface area contributed by atoms with Gasteiger partial charge in [0.1, 0.15) is 15.7 Å². The molecule has 0 N–H and O–H groups in total. The summed E-state index contributed by atoms with van der Waals surface area (Å²) in [5.41, 5.74) is -1.55. The zero-order valence-electron chi connectivity index (χ0n) is 18.6. The lowest BCUT2D eigenvalue weighted by Gasteiger charge is -2.13. The SMILES string of the molecule is CCOC(=O)c1nn(-c2ccccc2C(F)(F)F)c(-c2nsc(-c3cccc(S(C)(=O)=O)c3)n2)c1Cl. The van der Waals surface area contributed by atoms with Crippen LogP contribution in [0.2, 0.25) is 5.02 Å². The highest BCUT2D eigenvalue weighted by Gasteiger charge is 2.36. The molecule has 0 aliphatic carbocycles. The molecule has 0 radical (unpaired) electrons. The maximum Gasteiger partial charge on any atom is 0.418 e. The number of carbonyl (C=O) groups excluding carboxylic acids is 1. The number of halogens is 4. The summed E-state index contributed by atoms with van der Waals surface area (Å²) in [5, 5.41) is 4.02. The van der Waals surface area contributed by atoms with E-state index in [0.29, 0.717) is 5.56 Å². The fourth-order valence-corrected chi connectivity index (χ4v) is 4.90. The molecule has 188 valence electrons. The summed E-state index contributed by atoms with van der Waals surface area (Å²) >= 11 is 7.30. The first-order chi connectivity index (χ1) is 16.9. The molecule has 0 spiro atoms. The molecular formula is C22H16ClF3N4O4S2. The second-order valence-electron chi connectivity index (χ2n) is 7.38. The third-order valence-corrected chi connectivity index (χ3v) is 7.11. The molecule has 2 aromatic carbocycles. The molecule has 0 bridgehead atoms. The fourth-order valence-electron chi connectivity index (χ4n) is 3.29. The average Bonchev–Trinajstić information content (AvgIpc) is 3.43. The van der Waals surface area contributed by atoms with Crippen molar-refractivity contribution in [1.82, 2.24) is 19.1 Å². The van der Waals surface area contributed by atoms with Crippen LogP contribution >= 0.6 is 23.1 Å². The molecular weight excluding hydrogens is 541 g/mol. The Morgan fingerprint density at radius 1 is 1.17 bits per heavy atom. The lowest BCUT2D eigenvalue weighted by atomic mass is 10.1. The van der Waals surface area contributed by atoms with Gasteiger partial charge in [0, 0.05) is 11.8 Å². The molecule has 0 saturated heterocycles. The smallest absolute Gasteiger partial charge is 0.418 e. The van der Waals surface area contributed by atoms with Crippen LogP contribution in [-0.2, 0) is 20.8 Å². The molecule has 2 heterocycles. The van der Waals surface area contributed by atoms with Gasteiger partial charge in [-0.3, -0.25) is 0 Å². The molecule has 0 aliphatic heterocycles. The standard InChI is InChI=1S/C22H16ClF3N4O4S2/c1-3-34-21(31)17-16(23)18(30(28-17)15-10-5-4-9-14(15)22(24,25)26)19-27-20(35-29-19)12-7-6-8-13(11-12)36(2,32)33/h4-11H,3H2,1-2H3. The molecule has 0 atom stereocenters. The van der Waals surface area contributed by atoms with E-state index in [1.54, 1.807) is 13.0 Å². The lowest BCUT2D eigenvalue weighted by molar-refractivity contribution is -0.137. The maximum atomic E-state index is 13.8. The minimum Gasteiger partial charge on any atom is -0.461 e. The molecule has 14 heteroatoms. The van der Waals surface area contributed by atoms with Gasteiger partial charge in [-0.1, -0.05) is 35.9 Å². The normalized spacial score (nSPS) is 12.1. The van der Waals surface area contributed by atoms with Gasteiger partial charge in [-0.25, -0.2) is 22.9 Å². The number of hydrogen-bond donors (Lipinski definition) is 0. The molecule has 36 heavy (non-hydrogen) atoms. The Balaban J connectivity index is 1.92. The van der Waals surface area contributed by atoms with E-state index < -0.39 is 38.9 Å². The Labute approximate surface area is 212 Å². The van der Waals surface area contributed by atoms with Crippen molar-refractivity contribution in [3.05, 3.63) is 64.8 Å². The second kappa shape index (κ2) is 9.64. The molecule has 0 amide bonds. The number of benzene rings is 2. The van der Waals surface area contributed by atoms with Gasteiger partial charge >= 0.3 is 12.1 Å². The third kappa shape index (κ3) is 4.99. The number of para-hydroxylation sites is 1. The predicted molar refractivity (Wildman–Crippen MR) is 127 cm³/mol. The van der Waals surface area contributed by atoms with Crippen molar-refractivity contribution < 1.29 is 31.1 Å². The second-order valence-corrected chi connectivity index (χ2v) is 10.5. The fraction of sp³-hybridized carbons (Fsp3) is 0.182. The quantitative estimate of drug-likeness (QED) is 0.296. The summed E-state index contributed by atoms with van der Waals surface area (Å²) in [6.45, 7) is 1.55. The van der Waals surface area contributed by atoms with Gasteiger partial charge in [-0.2, -0.15) is 22.6 Å². The number of rotatable bonds is 6. The summed E-state index contributed by atoms with van der Waals surface area (Å²) in [5.74, 6) is -1.03. The zero-order valence-corrected chi connectivity index (χ0v) is 21.0. The van der Waals surface area contributed by atoms with Gasteiger partial charge in [0.25, 0.3) is 0 Å². The number of esters is 1. The van der Waals surface area contributed by atoms with Gasteiger partial charge in [0.05, 0.1) is 22.8 Å². The first kappa shape index (κ1) is 25.8. The molecule has 4 aromatic rings. The number of aromatic nitrogens is 4. The van der Waals surface area contributed by atoms with Gasteiger partial charge in [0.15, 0.2) is 21.4 Å². The average molecular weight is 557 g/mol. The third-order valence-electron chi connectivity index (χ3n) is 4.88. The largest absolute Gasteiger partial charge is 0.461 e. The van der Waals surface area contributed by atoms with Crippen LogP contribution < -0.4 is 0 Å². The van der Waals surface area contributed by atoms with Crippen molar-refractivity contribution >= 4 is 38.9 Å². The van der Waals surface area contributed by atoms with Crippen molar-refractivity contribution in [2.45, 2.75) is 18.0 Å². The van der Waals surface area contributed by atoms with E-state index in [2.05, 4.69) is 14.5 Å². The Morgan fingerprint density at radius 3 is 2.56 bits per heavy atom. The first-order valence-corrected chi connectivity index (χ1v) is 13.2. The number of nitrogens with zero attached hydrogens (tertiary/aromatic N) is 4. The van der Waals surface area contributed by atoms with Crippen molar-refractivity contribution in [2.24, 2.45) is 0 Å².